The van der Waals surface area contributed by atoms with Crippen LogP contribution in [0.15, 0.2) is 24.8 Å². The van der Waals surface area contributed by atoms with Gasteiger partial charge in [0.25, 0.3) is 5.91 Å². The Morgan fingerprint density at radius 1 is 1.19 bits per heavy atom. The maximum Gasteiger partial charge on any atom is 0.251 e. The summed E-state index contributed by atoms with van der Waals surface area (Å²) in [7, 11) is 2.21. The van der Waals surface area contributed by atoms with E-state index < -0.39 is 0 Å². The molecule has 5 nitrogen and oxygen atoms in total. The van der Waals surface area contributed by atoms with Crippen LogP contribution in [0.1, 0.15) is 44.1 Å². The fourth-order valence-electron chi connectivity index (χ4n) is 4.90. The van der Waals surface area contributed by atoms with Gasteiger partial charge >= 0.3 is 0 Å². The summed E-state index contributed by atoms with van der Waals surface area (Å²) < 4.78 is 0. The van der Waals surface area contributed by atoms with Gasteiger partial charge < -0.3 is 20.9 Å². The molecular weight excluding hydrogens is 324 g/mol. The minimum atomic E-state index is -0.0794. The number of carbonyl (C=O) groups is 1. The summed E-state index contributed by atoms with van der Waals surface area (Å²) in [4.78, 5) is 17.6. The topological polar surface area (TPSA) is 61.6 Å². The molecule has 2 unspecified atom stereocenters. The third-order valence-corrected chi connectivity index (χ3v) is 6.54. The van der Waals surface area contributed by atoms with Crippen molar-refractivity contribution in [2.75, 3.05) is 30.8 Å². The van der Waals surface area contributed by atoms with Gasteiger partial charge in [0.05, 0.1) is 0 Å². The SMILES string of the molecule is C=C(C(=O)NC1CC2CCC(C1)N2C)c1cc(N2CCCC2)ccc1N. The lowest BCUT2D eigenvalue weighted by atomic mass is 9.97. The van der Waals surface area contributed by atoms with Crippen molar-refractivity contribution in [3.8, 4) is 0 Å². The second kappa shape index (κ2) is 6.95. The molecule has 3 aliphatic rings. The Hall–Kier alpha value is -2.01. The molecular formula is C21H30N4O. The number of anilines is 2. The first-order valence-corrected chi connectivity index (χ1v) is 9.89. The molecule has 2 bridgehead atoms. The minimum Gasteiger partial charge on any atom is -0.398 e. The predicted molar refractivity (Wildman–Crippen MR) is 107 cm³/mol. The highest BCUT2D eigenvalue weighted by Gasteiger charge is 2.39. The average molecular weight is 354 g/mol. The van der Waals surface area contributed by atoms with Gasteiger partial charge in [0, 0.05) is 53.7 Å². The number of rotatable bonds is 4. The molecule has 0 radical (unpaired) electrons. The summed E-state index contributed by atoms with van der Waals surface area (Å²) in [6, 6.07) is 7.44. The van der Waals surface area contributed by atoms with Gasteiger partial charge in [-0.25, -0.2) is 0 Å². The maximum atomic E-state index is 12.8. The lowest BCUT2D eigenvalue weighted by Crippen LogP contribution is -2.48. The van der Waals surface area contributed by atoms with Crippen LogP contribution in [-0.2, 0) is 4.79 Å². The number of hydrogen-bond acceptors (Lipinski definition) is 4. The Labute approximate surface area is 156 Å². The highest BCUT2D eigenvalue weighted by Crippen LogP contribution is 2.35. The van der Waals surface area contributed by atoms with E-state index in [1.165, 1.54) is 25.7 Å². The molecule has 0 aliphatic carbocycles. The van der Waals surface area contributed by atoms with Gasteiger partial charge in [-0.1, -0.05) is 6.58 Å². The van der Waals surface area contributed by atoms with Crippen molar-refractivity contribution in [1.82, 2.24) is 10.2 Å². The molecule has 4 rings (SSSR count). The Morgan fingerprint density at radius 2 is 1.85 bits per heavy atom. The number of piperidine rings is 1. The summed E-state index contributed by atoms with van der Waals surface area (Å²) in [5.74, 6) is -0.0794. The van der Waals surface area contributed by atoms with Crippen LogP contribution in [0.2, 0.25) is 0 Å². The van der Waals surface area contributed by atoms with E-state index in [9.17, 15) is 4.79 Å². The smallest absolute Gasteiger partial charge is 0.251 e. The van der Waals surface area contributed by atoms with Gasteiger partial charge in [-0.2, -0.15) is 0 Å². The van der Waals surface area contributed by atoms with Crippen molar-refractivity contribution in [3.63, 3.8) is 0 Å². The number of hydrogen-bond donors (Lipinski definition) is 2. The highest BCUT2D eigenvalue weighted by atomic mass is 16.1. The second-order valence-electron chi connectivity index (χ2n) is 8.14. The molecule has 3 fully saturated rings. The first-order chi connectivity index (χ1) is 12.5. The van der Waals surface area contributed by atoms with Gasteiger partial charge in [-0.3, -0.25) is 4.79 Å². The van der Waals surface area contributed by atoms with Crippen molar-refractivity contribution in [2.45, 2.75) is 56.7 Å². The number of nitrogens with one attached hydrogen (secondary N) is 1. The van der Waals surface area contributed by atoms with Crippen LogP contribution in [0, 0.1) is 0 Å². The number of nitrogens with zero attached hydrogens (tertiary/aromatic N) is 2. The molecule has 1 aromatic carbocycles. The number of carbonyl (C=O) groups excluding carboxylic acids is 1. The second-order valence-corrected chi connectivity index (χ2v) is 8.14. The number of nitrogen functional groups attached to an aromatic ring is 1. The molecule has 3 heterocycles. The van der Waals surface area contributed by atoms with Crippen molar-refractivity contribution < 1.29 is 4.79 Å². The maximum absolute atomic E-state index is 12.8. The first-order valence-electron chi connectivity index (χ1n) is 9.89. The molecule has 1 aromatic rings. The minimum absolute atomic E-state index is 0.0794. The van der Waals surface area contributed by atoms with Gasteiger partial charge in [0.15, 0.2) is 0 Å². The third-order valence-electron chi connectivity index (χ3n) is 6.54. The van der Waals surface area contributed by atoms with Gasteiger partial charge in [0.2, 0.25) is 0 Å². The third kappa shape index (κ3) is 3.20. The van der Waals surface area contributed by atoms with E-state index >= 15 is 0 Å². The lowest BCUT2D eigenvalue weighted by Gasteiger charge is -2.36. The molecule has 3 N–H and O–H groups in total. The molecule has 5 heteroatoms. The summed E-state index contributed by atoms with van der Waals surface area (Å²) in [5, 5.41) is 3.22. The lowest BCUT2D eigenvalue weighted by molar-refractivity contribution is -0.116. The Balaban J connectivity index is 1.45. The van der Waals surface area contributed by atoms with Crippen LogP contribution in [-0.4, -0.2) is 49.1 Å². The van der Waals surface area contributed by atoms with E-state index in [2.05, 4.69) is 28.7 Å². The van der Waals surface area contributed by atoms with Crippen molar-refractivity contribution >= 4 is 22.9 Å². The van der Waals surface area contributed by atoms with Crippen LogP contribution < -0.4 is 16.0 Å². The van der Waals surface area contributed by atoms with E-state index in [1.807, 2.05) is 18.2 Å². The van der Waals surface area contributed by atoms with E-state index in [1.54, 1.807) is 0 Å². The Bertz CT molecular complexity index is 696. The summed E-state index contributed by atoms with van der Waals surface area (Å²) in [6.45, 7) is 6.21. The zero-order valence-electron chi connectivity index (χ0n) is 15.7. The summed E-state index contributed by atoms with van der Waals surface area (Å²) >= 11 is 0. The number of benzene rings is 1. The predicted octanol–water partition coefficient (Wildman–Crippen LogP) is 2.62. The van der Waals surface area contributed by atoms with Crippen LogP contribution >= 0.6 is 0 Å². The van der Waals surface area contributed by atoms with Crippen molar-refractivity contribution in [3.05, 3.63) is 30.3 Å². The van der Waals surface area contributed by atoms with Crippen LogP contribution in [0.25, 0.3) is 5.57 Å². The molecule has 0 aromatic heterocycles. The monoisotopic (exact) mass is 354 g/mol. The van der Waals surface area contributed by atoms with Crippen molar-refractivity contribution in [2.24, 2.45) is 0 Å². The molecule has 0 saturated carbocycles. The number of fused-ring (bicyclic) bond motifs is 2. The molecule has 0 spiro atoms. The molecule has 2 atom stereocenters. The molecule has 140 valence electrons. The van der Waals surface area contributed by atoms with Crippen LogP contribution in [0.5, 0.6) is 0 Å². The van der Waals surface area contributed by atoms with Gasteiger partial charge in [0.1, 0.15) is 0 Å². The van der Waals surface area contributed by atoms with Crippen molar-refractivity contribution in [1.29, 1.82) is 0 Å². The average Bonchev–Trinajstić information content (AvgIpc) is 3.22. The van der Waals surface area contributed by atoms with Gasteiger partial charge in [-0.15, -0.1) is 0 Å². The highest BCUT2D eigenvalue weighted by molar-refractivity contribution is 6.20. The molecule has 3 aliphatic heterocycles. The van der Waals surface area contributed by atoms with Gasteiger partial charge in [-0.05, 0) is 63.8 Å². The summed E-state index contributed by atoms with van der Waals surface area (Å²) in [5.41, 5.74) is 9.17. The van der Waals surface area contributed by atoms with Crippen LogP contribution in [0.3, 0.4) is 0 Å². The van der Waals surface area contributed by atoms with E-state index in [4.69, 9.17) is 5.73 Å². The quantitative estimate of drug-likeness (QED) is 0.645. The Kier molecular flexibility index (Phi) is 4.65. The van der Waals surface area contributed by atoms with Crippen LogP contribution in [0.4, 0.5) is 11.4 Å². The van der Waals surface area contributed by atoms with E-state index in [0.29, 0.717) is 23.3 Å². The van der Waals surface area contributed by atoms with E-state index in [-0.39, 0.29) is 11.9 Å². The molecule has 26 heavy (non-hydrogen) atoms. The fourth-order valence-corrected chi connectivity index (χ4v) is 4.90. The molecule has 1 amide bonds. The van der Waals surface area contributed by atoms with E-state index in [0.717, 1.165) is 37.2 Å². The Morgan fingerprint density at radius 3 is 2.50 bits per heavy atom. The first kappa shape index (κ1) is 17.4. The zero-order chi connectivity index (χ0) is 18.3. The fraction of sp³-hybridized carbons (Fsp3) is 0.571. The number of amides is 1. The number of nitrogens with two attached hydrogens (primary N) is 1. The largest absolute Gasteiger partial charge is 0.398 e. The standard InChI is InChI=1S/C21H30N4O/c1-14(19-13-18(7-8-20(19)22)25-9-3-4-10-25)21(26)23-15-11-16-5-6-17(12-15)24(16)2/h7-8,13,15-17H,1,3-6,9-12,22H2,2H3,(H,23,26). The summed E-state index contributed by atoms with van der Waals surface area (Å²) in [6.07, 6.45) is 7.02. The molecule has 3 saturated heterocycles. The zero-order valence-corrected chi connectivity index (χ0v) is 15.7. The normalized spacial score (nSPS) is 28.3.